The molecule has 6 nitrogen and oxygen atoms in total. The maximum absolute atomic E-state index is 12.2. The van der Waals surface area contributed by atoms with E-state index in [0.717, 1.165) is 5.56 Å². The van der Waals surface area contributed by atoms with Gasteiger partial charge in [-0.1, -0.05) is 23.7 Å². The van der Waals surface area contributed by atoms with Crippen molar-refractivity contribution in [3.8, 4) is 0 Å². The molecule has 134 valence electrons. The van der Waals surface area contributed by atoms with Crippen LogP contribution >= 0.6 is 11.6 Å². The Labute approximate surface area is 148 Å². The van der Waals surface area contributed by atoms with Gasteiger partial charge in [-0.25, -0.2) is 12.7 Å². The zero-order valence-electron chi connectivity index (χ0n) is 13.8. The van der Waals surface area contributed by atoms with E-state index in [9.17, 15) is 13.2 Å². The van der Waals surface area contributed by atoms with Crippen molar-refractivity contribution in [1.29, 1.82) is 0 Å². The van der Waals surface area contributed by atoms with Gasteiger partial charge in [-0.05, 0) is 24.1 Å². The predicted molar refractivity (Wildman–Crippen MR) is 93.6 cm³/mol. The highest BCUT2D eigenvalue weighted by Gasteiger charge is 2.21. The van der Waals surface area contributed by atoms with Gasteiger partial charge in [-0.15, -0.1) is 0 Å². The minimum Gasteiger partial charge on any atom is -0.378 e. The van der Waals surface area contributed by atoms with Crippen LogP contribution in [-0.2, 0) is 26.0 Å². The van der Waals surface area contributed by atoms with Crippen LogP contribution in [0.5, 0.6) is 0 Å². The molecule has 0 saturated carbocycles. The standard InChI is InChI=1S/C16H23ClN2O4S/c1-24(21,22)19(7-5-14-3-2-4-15(17)13-14)8-6-16(20)18-9-11-23-12-10-18/h2-4,13H,5-12H2,1H3. The van der Waals surface area contributed by atoms with Crippen molar-refractivity contribution < 1.29 is 17.9 Å². The fraction of sp³-hybridized carbons (Fsp3) is 0.562. The first-order valence-electron chi connectivity index (χ1n) is 7.91. The van der Waals surface area contributed by atoms with E-state index < -0.39 is 10.0 Å². The number of ether oxygens (including phenoxy) is 1. The van der Waals surface area contributed by atoms with Crippen molar-refractivity contribution in [2.75, 3.05) is 45.6 Å². The first kappa shape index (κ1) is 19.2. The predicted octanol–water partition coefficient (Wildman–Crippen LogP) is 1.39. The normalized spacial score (nSPS) is 15.7. The number of morpholine rings is 1. The Morgan fingerprint density at radius 3 is 2.62 bits per heavy atom. The van der Waals surface area contributed by atoms with E-state index in [1.807, 2.05) is 18.2 Å². The lowest BCUT2D eigenvalue weighted by Crippen LogP contribution is -2.42. The number of carbonyl (C=O) groups excluding carboxylic acids is 1. The Morgan fingerprint density at radius 2 is 2.00 bits per heavy atom. The topological polar surface area (TPSA) is 66.9 Å². The molecule has 1 heterocycles. The van der Waals surface area contributed by atoms with Crippen LogP contribution in [0.3, 0.4) is 0 Å². The molecule has 1 aromatic rings. The summed E-state index contributed by atoms with van der Waals surface area (Å²) >= 11 is 5.95. The average molecular weight is 375 g/mol. The molecule has 1 amide bonds. The van der Waals surface area contributed by atoms with Crippen molar-refractivity contribution >= 4 is 27.5 Å². The summed E-state index contributed by atoms with van der Waals surface area (Å²) in [5, 5.41) is 0.626. The molecule has 1 saturated heterocycles. The van der Waals surface area contributed by atoms with Crippen LogP contribution in [0.1, 0.15) is 12.0 Å². The molecule has 8 heteroatoms. The van der Waals surface area contributed by atoms with Crippen LogP contribution in [-0.4, -0.2) is 69.2 Å². The van der Waals surface area contributed by atoms with E-state index in [0.29, 0.717) is 44.3 Å². The van der Waals surface area contributed by atoms with E-state index in [2.05, 4.69) is 0 Å². The monoisotopic (exact) mass is 374 g/mol. The lowest BCUT2D eigenvalue weighted by Gasteiger charge is -2.28. The van der Waals surface area contributed by atoms with Gasteiger partial charge in [0.05, 0.1) is 19.5 Å². The van der Waals surface area contributed by atoms with E-state index >= 15 is 0 Å². The average Bonchev–Trinajstić information content (AvgIpc) is 2.54. The third kappa shape index (κ3) is 6.05. The molecular formula is C16H23ClN2O4S. The van der Waals surface area contributed by atoms with Crippen molar-refractivity contribution in [3.63, 3.8) is 0 Å². The Bertz CT molecular complexity index is 660. The number of benzene rings is 1. The summed E-state index contributed by atoms with van der Waals surface area (Å²) in [6.07, 6.45) is 1.91. The van der Waals surface area contributed by atoms with Crippen molar-refractivity contribution in [2.24, 2.45) is 0 Å². The highest BCUT2D eigenvalue weighted by molar-refractivity contribution is 7.88. The lowest BCUT2D eigenvalue weighted by molar-refractivity contribution is -0.135. The number of amides is 1. The molecule has 0 unspecified atom stereocenters. The van der Waals surface area contributed by atoms with Gasteiger partial charge in [0.1, 0.15) is 0 Å². The quantitative estimate of drug-likeness (QED) is 0.723. The summed E-state index contributed by atoms with van der Waals surface area (Å²) in [4.78, 5) is 13.9. The highest BCUT2D eigenvalue weighted by Crippen LogP contribution is 2.12. The molecule has 0 spiro atoms. The Balaban J connectivity index is 1.90. The number of carbonyl (C=O) groups is 1. The molecule has 0 aliphatic carbocycles. The second-order valence-electron chi connectivity index (χ2n) is 5.79. The smallest absolute Gasteiger partial charge is 0.224 e. The molecule has 0 atom stereocenters. The number of hydrogen-bond acceptors (Lipinski definition) is 4. The summed E-state index contributed by atoms with van der Waals surface area (Å²) in [5.74, 6) is -0.0327. The fourth-order valence-electron chi connectivity index (χ4n) is 2.58. The van der Waals surface area contributed by atoms with Gasteiger partial charge < -0.3 is 9.64 Å². The first-order chi connectivity index (χ1) is 11.4. The van der Waals surface area contributed by atoms with E-state index in [4.69, 9.17) is 16.3 Å². The summed E-state index contributed by atoms with van der Waals surface area (Å²) in [5.41, 5.74) is 0.968. The molecule has 0 radical (unpaired) electrons. The van der Waals surface area contributed by atoms with Crippen LogP contribution in [0, 0.1) is 0 Å². The van der Waals surface area contributed by atoms with Crippen LogP contribution in [0.25, 0.3) is 0 Å². The Hall–Kier alpha value is -1.15. The second kappa shape index (κ2) is 8.80. The molecule has 1 aliphatic heterocycles. The Kier molecular flexibility index (Phi) is 7.03. The van der Waals surface area contributed by atoms with Gasteiger partial charge >= 0.3 is 0 Å². The lowest BCUT2D eigenvalue weighted by atomic mass is 10.1. The number of sulfonamides is 1. The van der Waals surface area contributed by atoms with Crippen LogP contribution < -0.4 is 0 Å². The molecule has 1 aliphatic rings. The third-order valence-corrected chi connectivity index (χ3v) is 5.49. The fourth-order valence-corrected chi connectivity index (χ4v) is 3.64. The molecule has 0 N–H and O–H groups in total. The molecule has 24 heavy (non-hydrogen) atoms. The maximum atomic E-state index is 12.2. The zero-order chi connectivity index (χ0) is 17.6. The van der Waals surface area contributed by atoms with Gasteiger partial charge in [0.25, 0.3) is 0 Å². The summed E-state index contributed by atoms with van der Waals surface area (Å²) < 4.78 is 30.5. The number of rotatable bonds is 7. The minimum atomic E-state index is -3.37. The van der Waals surface area contributed by atoms with Crippen molar-refractivity contribution in [3.05, 3.63) is 34.9 Å². The zero-order valence-corrected chi connectivity index (χ0v) is 15.4. The molecule has 1 aromatic carbocycles. The van der Waals surface area contributed by atoms with Gasteiger partial charge in [-0.3, -0.25) is 4.79 Å². The number of halogens is 1. The van der Waals surface area contributed by atoms with Crippen LogP contribution in [0.2, 0.25) is 5.02 Å². The largest absolute Gasteiger partial charge is 0.378 e. The molecule has 2 rings (SSSR count). The first-order valence-corrected chi connectivity index (χ1v) is 10.1. The summed E-state index contributed by atoms with van der Waals surface area (Å²) in [6.45, 7) is 2.73. The SMILES string of the molecule is CS(=O)(=O)N(CCC(=O)N1CCOCC1)CCc1cccc(Cl)c1. The van der Waals surface area contributed by atoms with E-state index in [-0.39, 0.29) is 18.9 Å². The van der Waals surface area contributed by atoms with Crippen molar-refractivity contribution in [2.45, 2.75) is 12.8 Å². The summed E-state index contributed by atoms with van der Waals surface area (Å²) in [6, 6.07) is 7.34. The number of hydrogen-bond donors (Lipinski definition) is 0. The van der Waals surface area contributed by atoms with Gasteiger partial charge in [0.2, 0.25) is 15.9 Å². The second-order valence-corrected chi connectivity index (χ2v) is 8.20. The highest BCUT2D eigenvalue weighted by atomic mass is 35.5. The van der Waals surface area contributed by atoms with Gasteiger partial charge in [-0.2, -0.15) is 0 Å². The van der Waals surface area contributed by atoms with Crippen molar-refractivity contribution in [1.82, 2.24) is 9.21 Å². The third-order valence-electron chi connectivity index (χ3n) is 3.95. The molecular weight excluding hydrogens is 352 g/mol. The van der Waals surface area contributed by atoms with E-state index in [1.165, 1.54) is 10.6 Å². The van der Waals surface area contributed by atoms with Gasteiger partial charge in [0, 0.05) is 37.6 Å². The van der Waals surface area contributed by atoms with Crippen LogP contribution in [0.4, 0.5) is 0 Å². The van der Waals surface area contributed by atoms with Gasteiger partial charge in [0.15, 0.2) is 0 Å². The van der Waals surface area contributed by atoms with Crippen LogP contribution in [0.15, 0.2) is 24.3 Å². The molecule has 0 aromatic heterocycles. The maximum Gasteiger partial charge on any atom is 0.224 e. The minimum absolute atomic E-state index is 0.0327. The Morgan fingerprint density at radius 1 is 1.29 bits per heavy atom. The summed E-state index contributed by atoms with van der Waals surface area (Å²) in [7, 11) is -3.37. The van der Waals surface area contributed by atoms with E-state index in [1.54, 1.807) is 11.0 Å². The molecule has 0 bridgehead atoms. The number of nitrogens with zero attached hydrogens (tertiary/aromatic N) is 2. The molecule has 1 fully saturated rings.